The molecule has 0 aromatic rings. The topological polar surface area (TPSA) is 0 Å². The third-order valence-electron chi connectivity index (χ3n) is 2.73. The van der Waals surface area contributed by atoms with Crippen LogP contribution in [0.4, 0.5) is 0 Å². The highest BCUT2D eigenvalue weighted by molar-refractivity contribution is 4.73. The van der Waals surface area contributed by atoms with Crippen LogP contribution < -0.4 is 0 Å². The Hall–Kier alpha value is 0. The summed E-state index contributed by atoms with van der Waals surface area (Å²) in [5.74, 6) is 1.14. The average molecular weight is 167 g/mol. The Morgan fingerprint density at radius 3 is 2.50 bits per heavy atom. The van der Waals surface area contributed by atoms with E-state index in [1.807, 2.05) is 0 Å². The number of hydrogen-bond donors (Lipinski definition) is 0. The van der Waals surface area contributed by atoms with Gasteiger partial charge in [0.2, 0.25) is 0 Å². The van der Waals surface area contributed by atoms with E-state index in [0.29, 0.717) is 0 Å². The summed E-state index contributed by atoms with van der Waals surface area (Å²) >= 11 is 0. The second kappa shape index (κ2) is 6.51. The largest absolute Gasteiger partial charge is 0.0654 e. The van der Waals surface area contributed by atoms with Gasteiger partial charge in [-0.05, 0) is 12.3 Å². The summed E-state index contributed by atoms with van der Waals surface area (Å²) in [6.07, 6.45) is 15.4. The van der Waals surface area contributed by atoms with Gasteiger partial charge in [0.25, 0.3) is 0 Å². The van der Waals surface area contributed by atoms with Crippen LogP contribution in [0.1, 0.15) is 64.7 Å². The van der Waals surface area contributed by atoms with Crippen LogP contribution in [-0.2, 0) is 0 Å². The van der Waals surface area contributed by atoms with Gasteiger partial charge in [0.05, 0.1) is 0 Å². The molecular weight excluding hydrogens is 144 g/mol. The smallest absolute Gasteiger partial charge is 0.0386 e. The Morgan fingerprint density at radius 2 is 1.83 bits per heavy atom. The first-order valence-corrected chi connectivity index (χ1v) is 5.75. The molecule has 1 radical (unpaired) electrons. The van der Waals surface area contributed by atoms with E-state index in [-0.39, 0.29) is 0 Å². The summed E-state index contributed by atoms with van der Waals surface area (Å²) in [5.41, 5.74) is 0. The summed E-state index contributed by atoms with van der Waals surface area (Å²) in [7, 11) is 0. The molecule has 1 rings (SSSR count). The van der Waals surface area contributed by atoms with Crippen molar-refractivity contribution in [1.82, 2.24) is 0 Å². The zero-order valence-corrected chi connectivity index (χ0v) is 8.52. The van der Waals surface area contributed by atoms with Crippen LogP contribution >= 0.6 is 0 Å². The Bertz CT molecular complexity index is 92.2. The Morgan fingerprint density at radius 1 is 1.08 bits per heavy atom. The molecule has 0 bridgehead atoms. The standard InChI is InChI=1S/C12H23/c1-2-3-4-5-6-7-8-9-12-10-11-12/h5,12H,2-4,6-11H2,1H3. The lowest BCUT2D eigenvalue weighted by atomic mass is 10.1. The first-order chi connectivity index (χ1) is 5.93. The van der Waals surface area contributed by atoms with Crippen molar-refractivity contribution in [3.05, 3.63) is 6.42 Å². The van der Waals surface area contributed by atoms with Gasteiger partial charge < -0.3 is 0 Å². The second-order valence-corrected chi connectivity index (χ2v) is 4.16. The normalized spacial score (nSPS) is 16.8. The van der Waals surface area contributed by atoms with Crippen LogP contribution in [0.25, 0.3) is 0 Å². The van der Waals surface area contributed by atoms with E-state index >= 15 is 0 Å². The second-order valence-electron chi connectivity index (χ2n) is 4.16. The van der Waals surface area contributed by atoms with Crippen LogP contribution in [-0.4, -0.2) is 0 Å². The Kier molecular flexibility index (Phi) is 5.47. The van der Waals surface area contributed by atoms with Gasteiger partial charge in [-0.1, -0.05) is 64.7 Å². The number of unbranched alkanes of at least 4 members (excludes halogenated alkanes) is 6. The molecule has 0 amide bonds. The van der Waals surface area contributed by atoms with E-state index in [2.05, 4.69) is 13.3 Å². The van der Waals surface area contributed by atoms with Crippen molar-refractivity contribution < 1.29 is 0 Å². The molecule has 0 aliphatic heterocycles. The SMILES string of the molecule is CCCC[CH]CCCCC1CC1. The first kappa shape index (κ1) is 10.1. The molecule has 0 heteroatoms. The highest BCUT2D eigenvalue weighted by Gasteiger charge is 2.19. The highest BCUT2D eigenvalue weighted by atomic mass is 14.2. The van der Waals surface area contributed by atoms with Crippen LogP contribution in [0, 0.1) is 12.3 Å². The zero-order valence-electron chi connectivity index (χ0n) is 8.52. The summed E-state index contributed by atoms with van der Waals surface area (Å²) < 4.78 is 0. The lowest BCUT2D eigenvalue weighted by Crippen LogP contribution is -1.82. The van der Waals surface area contributed by atoms with Gasteiger partial charge in [-0.2, -0.15) is 0 Å². The molecule has 0 N–H and O–H groups in total. The molecule has 0 heterocycles. The zero-order chi connectivity index (χ0) is 8.65. The van der Waals surface area contributed by atoms with Crippen molar-refractivity contribution in [1.29, 1.82) is 0 Å². The van der Waals surface area contributed by atoms with Crippen molar-refractivity contribution in [3.63, 3.8) is 0 Å². The molecule has 0 spiro atoms. The fraction of sp³-hybridized carbons (Fsp3) is 0.917. The van der Waals surface area contributed by atoms with Crippen molar-refractivity contribution in [2.24, 2.45) is 5.92 Å². The number of rotatable bonds is 8. The van der Waals surface area contributed by atoms with Crippen molar-refractivity contribution in [2.75, 3.05) is 0 Å². The van der Waals surface area contributed by atoms with Gasteiger partial charge >= 0.3 is 0 Å². The molecule has 0 aromatic heterocycles. The minimum absolute atomic E-state index is 1.14. The van der Waals surface area contributed by atoms with Crippen LogP contribution in [0.15, 0.2) is 0 Å². The van der Waals surface area contributed by atoms with E-state index in [9.17, 15) is 0 Å². The third-order valence-corrected chi connectivity index (χ3v) is 2.73. The molecule has 1 aliphatic carbocycles. The van der Waals surface area contributed by atoms with E-state index < -0.39 is 0 Å². The van der Waals surface area contributed by atoms with Gasteiger partial charge in [-0.25, -0.2) is 0 Å². The lowest BCUT2D eigenvalue weighted by Gasteiger charge is -1.99. The Labute approximate surface area is 77.7 Å². The van der Waals surface area contributed by atoms with Crippen LogP contribution in [0.5, 0.6) is 0 Å². The summed E-state index contributed by atoms with van der Waals surface area (Å²) in [6, 6.07) is 0. The minimum atomic E-state index is 1.14. The van der Waals surface area contributed by atoms with E-state index in [4.69, 9.17) is 0 Å². The van der Waals surface area contributed by atoms with Gasteiger partial charge in [-0.3, -0.25) is 0 Å². The van der Waals surface area contributed by atoms with Crippen LogP contribution in [0.2, 0.25) is 0 Å². The maximum Gasteiger partial charge on any atom is -0.0386 e. The maximum atomic E-state index is 2.48. The molecular formula is C12H23. The van der Waals surface area contributed by atoms with Crippen molar-refractivity contribution in [2.45, 2.75) is 64.7 Å². The van der Waals surface area contributed by atoms with Gasteiger partial charge in [0, 0.05) is 0 Å². The van der Waals surface area contributed by atoms with E-state index in [0.717, 1.165) is 5.92 Å². The lowest BCUT2D eigenvalue weighted by molar-refractivity contribution is 0.613. The average Bonchev–Trinajstić information content (AvgIpc) is 2.87. The molecule has 0 unspecified atom stereocenters. The summed E-state index contributed by atoms with van der Waals surface area (Å²) in [6.45, 7) is 2.26. The first-order valence-electron chi connectivity index (χ1n) is 5.75. The van der Waals surface area contributed by atoms with Gasteiger partial charge in [0.15, 0.2) is 0 Å². The molecule has 0 saturated heterocycles. The molecule has 1 fully saturated rings. The molecule has 0 aromatic carbocycles. The minimum Gasteiger partial charge on any atom is -0.0654 e. The maximum absolute atomic E-state index is 2.48. The van der Waals surface area contributed by atoms with Crippen LogP contribution in [0.3, 0.4) is 0 Å². The van der Waals surface area contributed by atoms with Crippen molar-refractivity contribution in [3.8, 4) is 0 Å². The fourth-order valence-electron chi connectivity index (χ4n) is 1.62. The molecule has 0 nitrogen and oxygen atoms in total. The van der Waals surface area contributed by atoms with Gasteiger partial charge in [0.1, 0.15) is 0 Å². The highest BCUT2D eigenvalue weighted by Crippen LogP contribution is 2.34. The summed E-state index contributed by atoms with van der Waals surface area (Å²) in [5, 5.41) is 0. The number of hydrogen-bond acceptors (Lipinski definition) is 0. The predicted molar refractivity (Wildman–Crippen MR) is 55.0 cm³/mol. The van der Waals surface area contributed by atoms with E-state index in [1.54, 1.807) is 0 Å². The molecule has 12 heavy (non-hydrogen) atoms. The third kappa shape index (κ3) is 5.62. The van der Waals surface area contributed by atoms with Gasteiger partial charge in [-0.15, -0.1) is 0 Å². The predicted octanol–water partition coefficient (Wildman–Crippen LogP) is 4.35. The molecule has 71 valence electrons. The quantitative estimate of drug-likeness (QED) is 0.471. The Balaban J connectivity index is 1.65. The molecule has 1 aliphatic rings. The fourth-order valence-corrected chi connectivity index (χ4v) is 1.62. The summed E-state index contributed by atoms with van der Waals surface area (Å²) in [4.78, 5) is 0. The van der Waals surface area contributed by atoms with Crippen molar-refractivity contribution >= 4 is 0 Å². The van der Waals surface area contributed by atoms with E-state index in [1.165, 1.54) is 57.8 Å². The molecule has 1 saturated carbocycles. The monoisotopic (exact) mass is 167 g/mol. The molecule has 0 atom stereocenters.